The molecule has 3 rings (SSSR count). The van der Waals surface area contributed by atoms with Gasteiger partial charge in [0, 0.05) is 10.9 Å². The number of para-hydroxylation sites is 1. The lowest BCUT2D eigenvalue weighted by atomic mass is 10.0. The fraction of sp³-hybridized carbons (Fsp3) is 0.0625. The van der Waals surface area contributed by atoms with Crippen LogP contribution in [0.2, 0.25) is 0 Å². The van der Waals surface area contributed by atoms with E-state index in [4.69, 9.17) is 4.42 Å². The van der Waals surface area contributed by atoms with E-state index >= 15 is 0 Å². The fourth-order valence-electron chi connectivity index (χ4n) is 2.20. The molecule has 0 saturated carbocycles. The van der Waals surface area contributed by atoms with Crippen molar-refractivity contribution in [1.82, 2.24) is 0 Å². The number of carboxylic acids is 1. The maximum Gasteiger partial charge on any atom is 0.372 e. The van der Waals surface area contributed by atoms with Crippen molar-refractivity contribution in [2.24, 2.45) is 0 Å². The number of furan rings is 1. The van der Waals surface area contributed by atoms with Crippen molar-refractivity contribution in [2.75, 3.05) is 0 Å². The molecule has 3 aromatic rings. The third-order valence-electron chi connectivity index (χ3n) is 3.13. The summed E-state index contributed by atoms with van der Waals surface area (Å²) >= 11 is 0. The Labute approximate surface area is 110 Å². The van der Waals surface area contributed by atoms with E-state index in [1.54, 1.807) is 6.07 Å². The quantitative estimate of drug-likeness (QED) is 0.746. The summed E-state index contributed by atoms with van der Waals surface area (Å²) in [4.78, 5) is 11.3. The zero-order valence-electron chi connectivity index (χ0n) is 10.4. The van der Waals surface area contributed by atoms with Crippen LogP contribution in [0.1, 0.15) is 16.1 Å². The molecule has 0 unspecified atom stereocenters. The van der Waals surface area contributed by atoms with Crippen LogP contribution in [0, 0.1) is 6.92 Å². The summed E-state index contributed by atoms with van der Waals surface area (Å²) in [6.07, 6.45) is 0. The smallest absolute Gasteiger partial charge is 0.372 e. The normalized spacial score (nSPS) is 10.8. The van der Waals surface area contributed by atoms with Crippen molar-refractivity contribution in [2.45, 2.75) is 6.92 Å². The van der Waals surface area contributed by atoms with Crippen molar-refractivity contribution in [3.8, 4) is 11.1 Å². The van der Waals surface area contributed by atoms with Crippen molar-refractivity contribution in [1.29, 1.82) is 0 Å². The second kappa shape index (κ2) is 4.28. The van der Waals surface area contributed by atoms with Gasteiger partial charge in [-0.3, -0.25) is 0 Å². The van der Waals surface area contributed by atoms with Gasteiger partial charge < -0.3 is 9.52 Å². The molecule has 2 aromatic carbocycles. The summed E-state index contributed by atoms with van der Waals surface area (Å²) in [7, 11) is 0. The van der Waals surface area contributed by atoms with Crippen molar-refractivity contribution in [3.63, 3.8) is 0 Å². The van der Waals surface area contributed by atoms with E-state index < -0.39 is 5.97 Å². The van der Waals surface area contributed by atoms with Gasteiger partial charge in [-0.2, -0.15) is 0 Å². The number of carboxylic acid groups (broad SMARTS) is 1. The number of aromatic carboxylic acids is 1. The summed E-state index contributed by atoms with van der Waals surface area (Å²) < 4.78 is 5.45. The van der Waals surface area contributed by atoms with E-state index in [2.05, 4.69) is 0 Å². The van der Waals surface area contributed by atoms with Crippen molar-refractivity contribution >= 4 is 16.9 Å². The largest absolute Gasteiger partial charge is 0.475 e. The summed E-state index contributed by atoms with van der Waals surface area (Å²) in [6.45, 7) is 2.00. The minimum atomic E-state index is -1.05. The maximum atomic E-state index is 11.3. The summed E-state index contributed by atoms with van der Waals surface area (Å²) in [5.41, 5.74) is 3.22. The van der Waals surface area contributed by atoms with Crippen molar-refractivity contribution < 1.29 is 14.3 Å². The molecule has 1 aromatic heterocycles. The van der Waals surface area contributed by atoms with Crippen molar-refractivity contribution in [3.05, 3.63) is 59.9 Å². The molecule has 0 spiro atoms. The number of rotatable bonds is 2. The highest BCUT2D eigenvalue weighted by atomic mass is 16.4. The molecular formula is C16H12O3. The number of hydrogen-bond acceptors (Lipinski definition) is 2. The number of hydrogen-bond donors (Lipinski definition) is 1. The lowest BCUT2D eigenvalue weighted by Gasteiger charge is -2.01. The average Bonchev–Trinajstić information content (AvgIpc) is 2.79. The lowest BCUT2D eigenvalue weighted by molar-refractivity contribution is 0.0666. The van der Waals surface area contributed by atoms with Crippen LogP contribution in [0.15, 0.2) is 52.9 Å². The predicted octanol–water partition coefficient (Wildman–Crippen LogP) is 4.11. The molecule has 0 fully saturated rings. The Kier molecular flexibility index (Phi) is 2.60. The number of benzene rings is 2. The first kappa shape index (κ1) is 11.5. The summed E-state index contributed by atoms with van der Waals surface area (Å²) in [5.74, 6) is -1.06. The number of aryl methyl sites for hydroxylation is 1. The molecule has 0 radical (unpaired) electrons. The Bertz CT molecular complexity index is 751. The lowest BCUT2D eigenvalue weighted by Crippen LogP contribution is -1.96. The van der Waals surface area contributed by atoms with Gasteiger partial charge in [-0.1, -0.05) is 48.0 Å². The highest BCUT2D eigenvalue weighted by Gasteiger charge is 2.20. The average molecular weight is 252 g/mol. The molecule has 3 nitrogen and oxygen atoms in total. The summed E-state index contributed by atoms with van der Waals surface area (Å²) in [5, 5.41) is 10.1. The van der Waals surface area contributed by atoms with Gasteiger partial charge in [0.05, 0.1) is 0 Å². The van der Waals surface area contributed by atoms with E-state index in [0.29, 0.717) is 11.1 Å². The van der Waals surface area contributed by atoms with Gasteiger partial charge in [-0.15, -0.1) is 0 Å². The highest BCUT2D eigenvalue weighted by molar-refractivity contribution is 6.05. The van der Waals surface area contributed by atoms with E-state index in [1.807, 2.05) is 49.4 Å². The van der Waals surface area contributed by atoms with Gasteiger partial charge >= 0.3 is 5.97 Å². The van der Waals surface area contributed by atoms with Crippen LogP contribution in [-0.2, 0) is 0 Å². The molecule has 19 heavy (non-hydrogen) atoms. The van der Waals surface area contributed by atoms with E-state index in [-0.39, 0.29) is 5.76 Å². The minimum absolute atomic E-state index is 0.00921. The third kappa shape index (κ3) is 1.89. The second-order valence-electron chi connectivity index (χ2n) is 4.47. The molecular weight excluding hydrogens is 240 g/mol. The zero-order valence-corrected chi connectivity index (χ0v) is 10.4. The number of fused-ring (bicyclic) bond motifs is 1. The molecule has 0 aliphatic carbocycles. The molecule has 0 bridgehead atoms. The van der Waals surface area contributed by atoms with Gasteiger partial charge in [-0.05, 0) is 18.6 Å². The monoisotopic (exact) mass is 252 g/mol. The molecule has 0 atom stereocenters. The Morgan fingerprint density at radius 2 is 1.74 bits per heavy atom. The van der Waals surface area contributed by atoms with E-state index in [0.717, 1.165) is 16.5 Å². The first-order valence-electron chi connectivity index (χ1n) is 5.98. The molecule has 1 N–H and O–H groups in total. The maximum absolute atomic E-state index is 11.3. The van der Waals surface area contributed by atoms with Gasteiger partial charge in [0.2, 0.25) is 5.76 Å². The molecule has 3 heteroatoms. The predicted molar refractivity (Wildman–Crippen MR) is 73.3 cm³/mol. The first-order valence-corrected chi connectivity index (χ1v) is 5.98. The van der Waals surface area contributed by atoms with Crippen LogP contribution in [0.4, 0.5) is 0 Å². The van der Waals surface area contributed by atoms with Gasteiger partial charge in [0.25, 0.3) is 0 Å². The SMILES string of the molecule is Cc1ccc(-c2c(C(=O)O)oc3ccccc23)cc1. The Balaban J connectivity index is 2.34. The van der Waals surface area contributed by atoms with E-state index in [1.165, 1.54) is 0 Å². The fourth-order valence-corrected chi connectivity index (χ4v) is 2.20. The Hall–Kier alpha value is -2.55. The standard InChI is InChI=1S/C16H12O3/c1-10-6-8-11(9-7-10)14-12-4-2-3-5-13(12)19-15(14)16(17)18/h2-9H,1H3,(H,17,18). The van der Waals surface area contributed by atoms with Crippen LogP contribution in [0.25, 0.3) is 22.1 Å². The summed E-state index contributed by atoms with van der Waals surface area (Å²) in [6, 6.07) is 15.1. The Morgan fingerprint density at radius 3 is 2.42 bits per heavy atom. The van der Waals surface area contributed by atoms with Crippen LogP contribution >= 0.6 is 0 Å². The van der Waals surface area contributed by atoms with Crippen LogP contribution < -0.4 is 0 Å². The molecule has 94 valence electrons. The third-order valence-corrected chi connectivity index (χ3v) is 3.13. The van der Waals surface area contributed by atoms with Crippen LogP contribution in [0.3, 0.4) is 0 Å². The molecule has 0 amide bonds. The van der Waals surface area contributed by atoms with E-state index in [9.17, 15) is 9.90 Å². The Morgan fingerprint density at radius 1 is 1.05 bits per heavy atom. The molecule has 0 aliphatic heterocycles. The second-order valence-corrected chi connectivity index (χ2v) is 4.47. The molecule has 0 aliphatic rings. The topological polar surface area (TPSA) is 50.4 Å². The van der Waals surface area contributed by atoms with Gasteiger partial charge in [0.1, 0.15) is 5.58 Å². The molecule has 1 heterocycles. The minimum Gasteiger partial charge on any atom is -0.475 e. The van der Waals surface area contributed by atoms with Gasteiger partial charge in [0.15, 0.2) is 0 Å². The molecule has 0 saturated heterocycles. The number of carbonyl (C=O) groups is 1. The highest BCUT2D eigenvalue weighted by Crippen LogP contribution is 2.34. The van der Waals surface area contributed by atoms with Crippen LogP contribution in [-0.4, -0.2) is 11.1 Å². The van der Waals surface area contributed by atoms with Gasteiger partial charge in [-0.25, -0.2) is 4.79 Å². The first-order chi connectivity index (χ1) is 9.16. The zero-order chi connectivity index (χ0) is 13.4. The van der Waals surface area contributed by atoms with Crippen LogP contribution in [0.5, 0.6) is 0 Å².